The molecule has 0 aromatic heterocycles. The molecule has 0 aliphatic carbocycles. The Bertz CT molecular complexity index is 4270. The third-order valence-corrected chi connectivity index (χ3v) is 24.6. The molecule has 0 fully saturated rings. The molecular formula is C89H127F4N9O17S3. The topological polar surface area (TPSA) is 390 Å². The largest absolute Gasteiger partial charge is 0.497 e. The summed E-state index contributed by atoms with van der Waals surface area (Å²) in [6.07, 6.45) is 2.29. The van der Waals surface area contributed by atoms with Crippen LogP contribution in [0.25, 0.3) is 0 Å². The van der Waals surface area contributed by atoms with Crippen LogP contribution >= 0.6 is 11.8 Å². The van der Waals surface area contributed by atoms with E-state index in [9.17, 15) is 74.0 Å². The van der Waals surface area contributed by atoms with Crippen LogP contribution in [-0.2, 0) is 115 Å². The predicted molar refractivity (Wildman–Crippen MR) is 468 cm³/mol. The number of nitrogens with zero attached hydrogens (tertiary/aromatic N) is 2. The molecule has 0 aliphatic heterocycles. The molecule has 33 heteroatoms. The Morgan fingerprint density at radius 1 is 0.525 bits per heavy atom. The molecule has 0 saturated carbocycles. The van der Waals surface area contributed by atoms with Crippen LogP contribution in [0, 0.1) is 23.3 Å². The maximum absolute atomic E-state index is 13.7. The average molecular weight is 1770 g/mol. The third-order valence-electron chi connectivity index (χ3n) is 19.7. The molecule has 12 N–H and O–H groups in total. The van der Waals surface area contributed by atoms with Gasteiger partial charge in [-0.3, -0.25) is 23.4 Å². The van der Waals surface area contributed by atoms with Gasteiger partial charge >= 0.3 is 24.1 Å². The molecule has 6 rings (SSSR count). The summed E-state index contributed by atoms with van der Waals surface area (Å²) in [4.78, 5) is 92.4. The number of halogens is 4. The van der Waals surface area contributed by atoms with Crippen molar-refractivity contribution in [3.05, 3.63) is 207 Å². The number of ether oxygens (including phenoxy) is 5. The molecule has 10 atom stereocenters. The molecule has 6 aromatic rings. The molecule has 5 amide bonds. The third kappa shape index (κ3) is 40.1. The maximum Gasteiger partial charge on any atom is 0.407 e. The van der Waals surface area contributed by atoms with Crippen LogP contribution in [0.1, 0.15) is 150 Å². The highest BCUT2D eigenvalue weighted by molar-refractivity contribution is 7.99. The summed E-state index contributed by atoms with van der Waals surface area (Å²) in [5.74, 6) is -4.59. The quantitative estimate of drug-likeness (QED) is 0.00741. The van der Waals surface area contributed by atoms with Crippen LogP contribution < -0.4 is 43.2 Å². The van der Waals surface area contributed by atoms with Crippen molar-refractivity contribution in [2.45, 2.75) is 217 Å². The molecule has 0 spiro atoms. The van der Waals surface area contributed by atoms with Gasteiger partial charge in [-0.1, -0.05) is 158 Å². The number of aryl methyl sites for hydroxylation is 2. The second-order valence-electron chi connectivity index (χ2n) is 29.7. The van der Waals surface area contributed by atoms with E-state index in [-0.39, 0.29) is 75.6 Å². The fourth-order valence-corrected chi connectivity index (χ4v) is 17.6. The van der Waals surface area contributed by atoms with Crippen LogP contribution in [-0.4, -0.2) is 211 Å². The highest BCUT2D eigenvalue weighted by Crippen LogP contribution is 2.23. The zero-order valence-corrected chi connectivity index (χ0v) is 74.3. The second-order valence-corrected chi connectivity index (χ2v) is 34.8. The monoisotopic (exact) mass is 1770 g/mol. The maximum atomic E-state index is 13.7. The fourth-order valence-electron chi connectivity index (χ4n) is 13.0. The van der Waals surface area contributed by atoms with Crippen molar-refractivity contribution in [3.8, 4) is 5.75 Å². The van der Waals surface area contributed by atoms with Crippen LogP contribution in [0.4, 0.5) is 27.2 Å². The zero-order chi connectivity index (χ0) is 90.3. The fraction of sp³-hybridized carbons (Fsp3) is 0.517. The lowest BCUT2D eigenvalue weighted by molar-refractivity contribution is -0.153. The van der Waals surface area contributed by atoms with Crippen LogP contribution in [0.3, 0.4) is 0 Å². The highest BCUT2D eigenvalue weighted by Gasteiger charge is 2.37. The standard InChI is InChI=1S/C33H49N3O8S.C28H39F2N3O5S.C28H39F2N3O4S/c1-5-11-27(12-6-2)45(40,41)23-29(36-31(37)17-18-32(38)43-4)33(39)44-30(28(34)20-24-13-8-7-9-14-24)22-35-21-25-15-10-16-26(19-25)42-3;1-4-6-10-39(37)18-25(32-28(36)38-3)27(35)33(16-20-9-7-8-19(5-2)11-20)17-26(34)24(31)14-21-12-22(29)15-23(30)13-21;1-4-6-10-38-18-25(32-28(36)37-3)27(35)33(16-20-9-7-8-19(5-2)11-20)17-26(34)24(31)14-21-12-22(29)15-23(30)13-21/h7-10,13-16,19,27-30,35H,5-6,11-12,17-18,20-23,34H2,1-4H3,(H,36,37);7-9,11-13,15,24-26,34H,4-6,10,14,16-18,31H2,1-3H3,(H,32,36);7-9,11-13,15,24-26,34H,4-6,10,14,16-18,31H2,1-3H3,(H,32,36)/t28-,29?,30+;24-,25-,26+,39?;24-,25-,26+/m000/s1. The number of alkyl carbamates (subject to hydrolysis) is 2. The van der Waals surface area contributed by atoms with Crippen molar-refractivity contribution >= 4 is 74.2 Å². The van der Waals surface area contributed by atoms with E-state index >= 15 is 0 Å². The van der Waals surface area contributed by atoms with E-state index in [4.69, 9.17) is 31.4 Å². The van der Waals surface area contributed by atoms with Gasteiger partial charge in [0.1, 0.15) is 53.2 Å². The summed E-state index contributed by atoms with van der Waals surface area (Å²) in [5.41, 5.74) is 25.2. The number of carbonyl (C=O) groups excluding carboxylic acids is 7. The van der Waals surface area contributed by atoms with Crippen molar-refractivity contribution in [3.63, 3.8) is 0 Å². The Labute approximate surface area is 723 Å². The number of hydrogen-bond acceptors (Lipinski definition) is 22. The van der Waals surface area contributed by atoms with Gasteiger partial charge in [-0.25, -0.2) is 40.4 Å². The van der Waals surface area contributed by atoms with E-state index in [1.807, 2.05) is 138 Å². The summed E-state index contributed by atoms with van der Waals surface area (Å²) in [6.45, 7) is 12.4. The van der Waals surface area contributed by atoms with Gasteiger partial charge < -0.3 is 82.2 Å². The first-order valence-electron chi connectivity index (χ1n) is 41.3. The number of rotatable bonds is 51. The van der Waals surface area contributed by atoms with Crippen LogP contribution in [0.2, 0.25) is 0 Å². The van der Waals surface area contributed by atoms with Gasteiger partial charge in [0.05, 0.1) is 63.8 Å². The molecular weight excluding hydrogens is 1640 g/mol. The number of amides is 5. The van der Waals surface area contributed by atoms with Gasteiger partial charge in [0.25, 0.3) is 0 Å². The van der Waals surface area contributed by atoms with Crippen molar-refractivity contribution in [2.75, 3.05) is 76.8 Å². The number of thioether (sulfide) groups is 1. The number of aliphatic hydroxyl groups is 2. The number of methoxy groups -OCH3 is 4. The number of carbonyl (C=O) groups is 7. The number of hydrogen-bond donors (Lipinski definition) is 9. The van der Waals surface area contributed by atoms with Gasteiger partial charge in [0.15, 0.2) is 9.84 Å². The number of esters is 2. The molecule has 676 valence electrons. The molecule has 122 heavy (non-hydrogen) atoms. The van der Waals surface area contributed by atoms with Gasteiger partial charge in [-0.15, -0.1) is 0 Å². The minimum Gasteiger partial charge on any atom is -0.497 e. The van der Waals surface area contributed by atoms with Crippen molar-refractivity contribution in [1.29, 1.82) is 0 Å². The first-order valence-corrected chi connectivity index (χ1v) is 45.6. The number of nitrogens with two attached hydrogens (primary N) is 3. The average Bonchev–Trinajstić information content (AvgIpc) is 0.841. The summed E-state index contributed by atoms with van der Waals surface area (Å²) in [6, 6.07) is 32.5. The Morgan fingerprint density at radius 3 is 1.48 bits per heavy atom. The number of benzene rings is 6. The normalized spacial score (nSPS) is 13.7. The molecule has 0 heterocycles. The molecule has 26 nitrogen and oxygen atoms in total. The lowest BCUT2D eigenvalue weighted by Gasteiger charge is -2.31. The minimum absolute atomic E-state index is 0.0138. The molecule has 0 saturated heterocycles. The van der Waals surface area contributed by atoms with Gasteiger partial charge in [0.2, 0.25) is 17.7 Å². The number of nitrogens with one attached hydrogen (secondary N) is 4. The Kier molecular flexibility index (Phi) is 49.5. The van der Waals surface area contributed by atoms with E-state index in [1.54, 1.807) is 18.9 Å². The summed E-state index contributed by atoms with van der Waals surface area (Å²) in [5, 5.41) is 32.1. The van der Waals surface area contributed by atoms with Crippen molar-refractivity contribution in [2.24, 2.45) is 17.2 Å². The lowest BCUT2D eigenvalue weighted by Crippen LogP contribution is -2.54. The first-order chi connectivity index (χ1) is 58.2. The van der Waals surface area contributed by atoms with Crippen molar-refractivity contribution in [1.82, 2.24) is 31.1 Å². The molecule has 6 aromatic carbocycles. The van der Waals surface area contributed by atoms with Gasteiger partial charge in [-0.05, 0) is 144 Å². The molecule has 0 aliphatic rings. The highest BCUT2D eigenvalue weighted by atomic mass is 32.2. The zero-order valence-electron chi connectivity index (χ0n) is 71.8. The van der Waals surface area contributed by atoms with Crippen LogP contribution in [0.15, 0.2) is 140 Å². The Hall–Kier alpha value is -9.06. The van der Waals surface area contributed by atoms with Crippen LogP contribution in [0.5, 0.6) is 5.75 Å². The number of sulfone groups is 1. The summed E-state index contributed by atoms with van der Waals surface area (Å²) < 4.78 is 119. The second kappa shape index (κ2) is 57.4. The van der Waals surface area contributed by atoms with Gasteiger partial charge in [0, 0.05) is 98.3 Å². The van der Waals surface area contributed by atoms with E-state index < -0.39 is 145 Å². The summed E-state index contributed by atoms with van der Waals surface area (Å²) in [7, 11) is -0.00565. The smallest absolute Gasteiger partial charge is 0.407 e. The Balaban J connectivity index is 0.000000386. The van der Waals surface area contributed by atoms with E-state index in [0.29, 0.717) is 67.9 Å². The molecule has 0 radical (unpaired) electrons. The number of aliphatic hydroxyl groups excluding tert-OH is 2. The van der Waals surface area contributed by atoms with Gasteiger partial charge in [-0.2, -0.15) is 11.8 Å². The lowest BCUT2D eigenvalue weighted by atomic mass is 10.0. The predicted octanol–water partition coefficient (Wildman–Crippen LogP) is 10.2. The first kappa shape index (κ1) is 105. The van der Waals surface area contributed by atoms with E-state index in [1.165, 1.54) is 36.2 Å². The van der Waals surface area contributed by atoms with E-state index in [2.05, 4.69) is 37.7 Å². The van der Waals surface area contributed by atoms with Crippen molar-refractivity contribution < 1.29 is 97.6 Å². The summed E-state index contributed by atoms with van der Waals surface area (Å²) >= 11 is 1.55. The minimum atomic E-state index is -3.80. The molecule has 0 bridgehead atoms. The molecule has 2 unspecified atom stereocenters. The van der Waals surface area contributed by atoms with E-state index in [0.717, 1.165) is 103 Å². The Morgan fingerprint density at radius 2 is 1.00 bits per heavy atom. The SMILES string of the molecule is CCCC(CCC)S(=O)(=O)CC(NC(=O)CCC(=O)OC)C(=O)O[C@H](CNCc1cccc(OC)c1)[C@@H](N)Cc1ccccc1.CCCCS(=O)C[C@H](NC(=O)OC)C(=O)N(Cc1cccc(CC)c1)C[C@@H](O)[C@@H](N)Cc1cc(F)cc(F)c1.CCCCSC[C@H](NC(=O)OC)C(=O)N(Cc1cccc(CC)c1)C[C@@H](O)[C@@H](N)Cc1cc(F)cc(F)c1. The number of unbranched alkanes of at least 4 members (excludes halogenated alkanes) is 2.